The van der Waals surface area contributed by atoms with Crippen molar-refractivity contribution >= 4 is 17.7 Å². The highest BCUT2D eigenvalue weighted by atomic mass is 16.6. The minimum absolute atomic E-state index is 0.113. The standard InChI is InChI=1S/C20H21NO4/c1-13(2)15-8-9-16-11-18(19(22)23)21(17(16)10-15)20(24)25-12-14-6-4-3-5-7-14/h3-10,13,18H,11-12H2,1-2H3,(H,22,23). The van der Waals surface area contributed by atoms with Crippen molar-refractivity contribution in [2.75, 3.05) is 4.90 Å². The summed E-state index contributed by atoms with van der Waals surface area (Å²) in [6, 6.07) is 14.2. The van der Waals surface area contributed by atoms with Crippen LogP contribution in [0.1, 0.15) is 36.5 Å². The molecule has 1 aliphatic heterocycles. The molecule has 0 saturated heterocycles. The Labute approximate surface area is 146 Å². The molecular weight excluding hydrogens is 318 g/mol. The summed E-state index contributed by atoms with van der Waals surface area (Å²) >= 11 is 0. The van der Waals surface area contributed by atoms with Crippen LogP contribution in [0.15, 0.2) is 48.5 Å². The first-order chi connectivity index (χ1) is 12.0. The van der Waals surface area contributed by atoms with Crippen molar-refractivity contribution in [3.8, 4) is 0 Å². The molecule has 0 spiro atoms. The zero-order valence-electron chi connectivity index (χ0n) is 14.3. The number of hydrogen-bond acceptors (Lipinski definition) is 3. The van der Waals surface area contributed by atoms with Crippen LogP contribution in [0.2, 0.25) is 0 Å². The lowest BCUT2D eigenvalue weighted by Crippen LogP contribution is -2.43. The Hall–Kier alpha value is -2.82. The van der Waals surface area contributed by atoms with Gasteiger partial charge in [0.15, 0.2) is 0 Å². The summed E-state index contributed by atoms with van der Waals surface area (Å²) < 4.78 is 5.37. The lowest BCUT2D eigenvalue weighted by molar-refractivity contribution is -0.138. The molecule has 2 aromatic rings. The first-order valence-corrected chi connectivity index (χ1v) is 8.33. The average Bonchev–Trinajstić information content (AvgIpc) is 2.99. The van der Waals surface area contributed by atoms with E-state index in [1.807, 2.05) is 48.5 Å². The lowest BCUT2D eigenvalue weighted by Gasteiger charge is -2.22. The molecule has 0 saturated carbocycles. The Balaban J connectivity index is 1.85. The molecule has 0 radical (unpaired) electrons. The number of rotatable bonds is 4. The topological polar surface area (TPSA) is 66.8 Å². The van der Waals surface area contributed by atoms with E-state index >= 15 is 0 Å². The van der Waals surface area contributed by atoms with Gasteiger partial charge in [-0.1, -0.05) is 56.3 Å². The van der Waals surface area contributed by atoms with E-state index in [-0.39, 0.29) is 12.5 Å². The van der Waals surface area contributed by atoms with Crippen molar-refractivity contribution in [2.24, 2.45) is 0 Å². The molecular formula is C20H21NO4. The van der Waals surface area contributed by atoms with E-state index < -0.39 is 18.1 Å². The molecule has 5 heteroatoms. The molecule has 1 amide bonds. The van der Waals surface area contributed by atoms with E-state index in [0.717, 1.165) is 16.7 Å². The van der Waals surface area contributed by atoms with Gasteiger partial charge in [0.2, 0.25) is 0 Å². The second-order valence-electron chi connectivity index (χ2n) is 6.51. The fraction of sp³-hybridized carbons (Fsp3) is 0.300. The predicted octanol–water partition coefficient (Wildman–Crippen LogP) is 3.96. The third-order valence-electron chi connectivity index (χ3n) is 4.45. The number of fused-ring (bicyclic) bond motifs is 1. The highest BCUT2D eigenvalue weighted by Crippen LogP contribution is 2.35. The maximum Gasteiger partial charge on any atom is 0.415 e. The number of hydrogen-bond donors (Lipinski definition) is 1. The number of carboxylic acids is 1. The lowest BCUT2D eigenvalue weighted by atomic mass is 10.00. The summed E-state index contributed by atoms with van der Waals surface area (Å²) in [6.45, 7) is 4.23. The van der Waals surface area contributed by atoms with Crippen LogP contribution < -0.4 is 4.90 Å². The second-order valence-corrected chi connectivity index (χ2v) is 6.51. The van der Waals surface area contributed by atoms with E-state index in [1.165, 1.54) is 4.90 Å². The molecule has 25 heavy (non-hydrogen) atoms. The van der Waals surface area contributed by atoms with E-state index in [4.69, 9.17) is 4.74 Å². The van der Waals surface area contributed by atoms with Gasteiger partial charge >= 0.3 is 12.1 Å². The molecule has 0 fully saturated rings. The fourth-order valence-electron chi connectivity index (χ4n) is 3.02. The molecule has 1 N–H and O–H groups in total. The minimum atomic E-state index is -1.03. The molecule has 130 valence electrons. The fourth-order valence-corrected chi connectivity index (χ4v) is 3.02. The van der Waals surface area contributed by atoms with E-state index in [1.54, 1.807) is 0 Å². The molecule has 0 bridgehead atoms. The van der Waals surface area contributed by atoms with E-state index in [0.29, 0.717) is 12.1 Å². The van der Waals surface area contributed by atoms with Gasteiger partial charge in [0.25, 0.3) is 0 Å². The number of carbonyl (C=O) groups is 2. The number of amides is 1. The van der Waals surface area contributed by atoms with Gasteiger partial charge in [-0.15, -0.1) is 0 Å². The third kappa shape index (κ3) is 3.50. The number of carboxylic acid groups (broad SMARTS) is 1. The summed E-state index contributed by atoms with van der Waals surface area (Å²) in [5.74, 6) is -0.740. The van der Waals surface area contributed by atoms with E-state index in [9.17, 15) is 14.7 Å². The summed E-state index contributed by atoms with van der Waals surface area (Å²) in [6.07, 6.45) is -0.334. The summed E-state index contributed by atoms with van der Waals surface area (Å²) in [7, 11) is 0. The quantitative estimate of drug-likeness (QED) is 0.915. The van der Waals surface area contributed by atoms with Crippen molar-refractivity contribution in [1.82, 2.24) is 0 Å². The van der Waals surface area contributed by atoms with E-state index in [2.05, 4.69) is 13.8 Å². The average molecular weight is 339 g/mol. The monoisotopic (exact) mass is 339 g/mol. The van der Waals surface area contributed by atoms with Crippen LogP contribution in [0.25, 0.3) is 0 Å². The molecule has 0 aromatic heterocycles. The second kappa shape index (κ2) is 6.97. The minimum Gasteiger partial charge on any atom is -0.480 e. The Morgan fingerprint density at radius 3 is 2.56 bits per heavy atom. The number of nitrogens with zero attached hydrogens (tertiary/aromatic N) is 1. The van der Waals surface area contributed by atoms with Crippen LogP contribution in [0.5, 0.6) is 0 Å². The first kappa shape index (κ1) is 17.0. The first-order valence-electron chi connectivity index (χ1n) is 8.33. The maximum atomic E-state index is 12.6. The number of ether oxygens (including phenoxy) is 1. The van der Waals surface area contributed by atoms with Crippen molar-refractivity contribution < 1.29 is 19.4 Å². The van der Waals surface area contributed by atoms with Crippen LogP contribution >= 0.6 is 0 Å². The summed E-state index contributed by atoms with van der Waals surface area (Å²) in [5.41, 5.74) is 3.41. The Bertz CT molecular complexity index is 786. The largest absolute Gasteiger partial charge is 0.480 e. The van der Waals surface area contributed by atoms with Gasteiger partial charge in [-0.05, 0) is 28.7 Å². The van der Waals surface area contributed by atoms with Gasteiger partial charge in [-0.25, -0.2) is 9.59 Å². The molecule has 1 aliphatic rings. The van der Waals surface area contributed by atoms with Crippen LogP contribution in [0, 0.1) is 0 Å². The van der Waals surface area contributed by atoms with Crippen molar-refractivity contribution in [2.45, 2.75) is 38.8 Å². The van der Waals surface area contributed by atoms with Crippen LogP contribution in [-0.4, -0.2) is 23.2 Å². The van der Waals surface area contributed by atoms with Crippen LogP contribution in [0.4, 0.5) is 10.5 Å². The van der Waals surface area contributed by atoms with Gasteiger partial charge in [0.05, 0.1) is 5.69 Å². The van der Waals surface area contributed by atoms with Crippen molar-refractivity contribution in [1.29, 1.82) is 0 Å². The van der Waals surface area contributed by atoms with Gasteiger partial charge in [0, 0.05) is 6.42 Å². The Kier molecular flexibility index (Phi) is 4.74. The van der Waals surface area contributed by atoms with Gasteiger partial charge in [-0.2, -0.15) is 0 Å². The number of anilines is 1. The smallest absolute Gasteiger partial charge is 0.415 e. The summed E-state index contributed by atoms with van der Waals surface area (Å²) in [4.78, 5) is 25.5. The maximum absolute atomic E-state index is 12.6. The Morgan fingerprint density at radius 2 is 1.92 bits per heavy atom. The van der Waals surface area contributed by atoms with Gasteiger partial charge in [0.1, 0.15) is 12.6 Å². The normalized spacial score (nSPS) is 16.0. The highest BCUT2D eigenvalue weighted by molar-refractivity contribution is 5.98. The van der Waals surface area contributed by atoms with Crippen LogP contribution in [0.3, 0.4) is 0 Å². The third-order valence-corrected chi connectivity index (χ3v) is 4.45. The highest BCUT2D eigenvalue weighted by Gasteiger charge is 2.39. The predicted molar refractivity (Wildman–Crippen MR) is 94.8 cm³/mol. The molecule has 1 atom stereocenters. The number of aliphatic carboxylic acids is 1. The van der Waals surface area contributed by atoms with Crippen molar-refractivity contribution in [3.63, 3.8) is 0 Å². The molecule has 3 rings (SSSR count). The number of carbonyl (C=O) groups excluding carboxylic acids is 1. The zero-order chi connectivity index (χ0) is 18.0. The summed E-state index contributed by atoms with van der Waals surface area (Å²) in [5, 5.41) is 9.52. The molecule has 2 aromatic carbocycles. The SMILES string of the molecule is CC(C)c1ccc2c(c1)N(C(=O)OCc1ccccc1)C(C(=O)O)C2. The van der Waals surface area contributed by atoms with Gasteiger partial charge in [-0.3, -0.25) is 4.90 Å². The molecule has 0 aliphatic carbocycles. The molecule has 5 nitrogen and oxygen atoms in total. The van der Waals surface area contributed by atoms with Crippen LogP contribution in [-0.2, 0) is 22.6 Å². The number of benzene rings is 2. The van der Waals surface area contributed by atoms with Gasteiger partial charge < -0.3 is 9.84 Å². The zero-order valence-corrected chi connectivity index (χ0v) is 14.3. The molecule has 1 heterocycles. The van der Waals surface area contributed by atoms with Crippen molar-refractivity contribution in [3.05, 3.63) is 65.2 Å². The molecule has 1 unspecified atom stereocenters. The Morgan fingerprint density at radius 1 is 1.20 bits per heavy atom.